The van der Waals surface area contributed by atoms with Gasteiger partial charge in [0, 0.05) is 8.47 Å². The summed E-state index contributed by atoms with van der Waals surface area (Å²) in [6, 6.07) is 5.50. The molecule has 142 valence electrons. The van der Waals surface area contributed by atoms with Crippen LogP contribution in [0.5, 0.6) is 5.75 Å². The zero-order valence-electron chi connectivity index (χ0n) is 16.6. The number of carbonyl (C=O) groups is 1. The molecule has 3 rings (SSSR count). The minimum atomic E-state index is -0.469. The van der Waals surface area contributed by atoms with Crippen LogP contribution >= 0.6 is 0 Å². The number of fused-ring (bicyclic) bond motifs is 1. The molecule has 0 aliphatic carbocycles. The van der Waals surface area contributed by atoms with Gasteiger partial charge in [-0.1, -0.05) is 6.07 Å². The van der Waals surface area contributed by atoms with Gasteiger partial charge >= 0.3 is 7.12 Å². The fourth-order valence-electron chi connectivity index (χ4n) is 3.11. The van der Waals surface area contributed by atoms with Crippen LogP contribution in [-0.2, 0) is 14.1 Å². The van der Waals surface area contributed by atoms with Gasteiger partial charge in [0.1, 0.15) is 18.2 Å². The highest BCUT2D eigenvalue weighted by atomic mass is 16.7. The molecule has 1 saturated heterocycles. The predicted octanol–water partition coefficient (Wildman–Crippen LogP) is 2.44. The Labute approximate surface area is 157 Å². The summed E-state index contributed by atoms with van der Waals surface area (Å²) >= 11 is 0. The maximum atomic E-state index is 12.0. The summed E-state index contributed by atoms with van der Waals surface area (Å²) in [5.74, 6) is 1.53. The molecule has 0 aromatic heterocycles. The van der Waals surface area contributed by atoms with Crippen molar-refractivity contribution >= 4 is 29.9 Å². The number of ether oxygens (including phenoxy) is 1. The second-order valence-electron chi connectivity index (χ2n) is 7.90. The molecule has 1 fully saturated rings. The van der Waals surface area contributed by atoms with Crippen LogP contribution in [0.15, 0.2) is 23.2 Å². The van der Waals surface area contributed by atoms with E-state index >= 15 is 0 Å². The highest BCUT2D eigenvalue weighted by Gasteiger charge is 2.52. The normalized spacial score (nSPS) is 23.6. The summed E-state index contributed by atoms with van der Waals surface area (Å²) in [7, 11) is 1.24. The highest BCUT2D eigenvalue weighted by molar-refractivity contribution is 6.62. The van der Waals surface area contributed by atoms with Crippen molar-refractivity contribution in [2.24, 2.45) is 4.99 Å². The third kappa shape index (κ3) is 3.03. The van der Waals surface area contributed by atoms with E-state index < -0.39 is 18.3 Å². The number of aliphatic imine (C=N–C) groups is 1. The van der Waals surface area contributed by atoms with Gasteiger partial charge in [-0.2, -0.15) is 0 Å². The lowest BCUT2D eigenvalue weighted by atomic mass is 9.78. The van der Waals surface area contributed by atoms with Crippen LogP contribution in [0.25, 0.3) is 0 Å². The fraction of sp³-hybridized carbons (Fsp3) is 0.579. The van der Waals surface area contributed by atoms with Gasteiger partial charge in [0.2, 0.25) is 0 Å². The lowest BCUT2D eigenvalue weighted by molar-refractivity contribution is -0.117. The third-order valence-electron chi connectivity index (χ3n) is 5.64. The molecule has 2 aliphatic heterocycles. The SMILES string of the molecule is CN=C1COc2ccc(B3OC(C)(C)C(C)(C)O3)cc2N1[C@H](C)C(C)=O.[HH]. The fourth-order valence-corrected chi connectivity index (χ4v) is 3.11. The summed E-state index contributed by atoms with van der Waals surface area (Å²) in [6.07, 6.45) is 0. The van der Waals surface area contributed by atoms with Crippen molar-refractivity contribution in [2.75, 3.05) is 18.6 Å². The molecular weight excluding hydrogens is 331 g/mol. The summed E-state index contributed by atoms with van der Waals surface area (Å²) < 4.78 is 18.1. The average molecular weight is 360 g/mol. The number of ketones is 1. The molecule has 6 nitrogen and oxygen atoms in total. The van der Waals surface area contributed by atoms with E-state index in [2.05, 4.69) is 4.99 Å². The predicted molar refractivity (Wildman–Crippen MR) is 106 cm³/mol. The molecule has 2 aliphatic rings. The van der Waals surface area contributed by atoms with E-state index in [-0.39, 0.29) is 13.3 Å². The molecule has 26 heavy (non-hydrogen) atoms. The summed E-state index contributed by atoms with van der Waals surface area (Å²) in [6.45, 7) is 11.9. The molecule has 0 saturated carbocycles. The van der Waals surface area contributed by atoms with E-state index in [1.165, 1.54) is 0 Å². The summed E-state index contributed by atoms with van der Waals surface area (Å²) in [4.78, 5) is 18.3. The van der Waals surface area contributed by atoms with Gasteiger partial charge in [-0.15, -0.1) is 0 Å². The van der Waals surface area contributed by atoms with Crippen LogP contribution in [-0.4, -0.2) is 49.6 Å². The van der Waals surface area contributed by atoms with Gasteiger partial charge in [0.05, 0.1) is 22.9 Å². The molecule has 0 N–H and O–H groups in total. The minimum Gasteiger partial charge on any atom is -0.484 e. The highest BCUT2D eigenvalue weighted by Crippen LogP contribution is 2.38. The monoisotopic (exact) mass is 360 g/mol. The lowest BCUT2D eigenvalue weighted by Gasteiger charge is -2.36. The van der Waals surface area contributed by atoms with Crippen LogP contribution in [0.3, 0.4) is 0 Å². The van der Waals surface area contributed by atoms with E-state index in [0.717, 1.165) is 22.7 Å². The number of carbonyl (C=O) groups excluding carboxylic acids is 1. The smallest absolute Gasteiger partial charge is 0.484 e. The van der Waals surface area contributed by atoms with Crippen LogP contribution in [0.4, 0.5) is 5.69 Å². The van der Waals surface area contributed by atoms with Crippen LogP contribution in [0.1, 0.15) is 43.0 Å². The van der Waals surface area contributed by atoms with E-state index in [4.69, 9.17) is 14.0 Å². The zero-order chi connectivity index (χ0) is 19.3. The maximum absolute atomic E-state index is 12.0. The van der Waals surface area contributed by atoms with E-state index in [0.29, 0.717) is 6.61 Å². The number of nitrogens with zero attached hydrogens (tertiary/aromatic N) is 2. The van der Waals surface area contributed by atoms with Gasteiger partial charge < -0.3 is 18.9 Å². The number of anilines is 1. The molecule has 0 unspecified atom stereocenters. The van der Waals surface area contributed by atoms with Crippen LogP contribution in [0, 0.1) is 0 Å². The van der Waals surface area contributed by atoms with Gasteiger partial charge in [0.15, 0.2) is 5.78 Å². The van der Waals surface area contributed by atoms with Crippen molar-refractivity contribution in [1.82, 2.24) is 0 Å². The molecule has 0 bridgehead atoms. The lowest BCUT2D eigenvalue weighted by Crippen LogP contribution is -2.48. The number of hydrogen-bond acceptors (Lipinski definition) is 5. The topological polar surface area (TPSA) is 60.4 Å². The molecule has 7 heteroatoms. The molecular formula is C19H29BN2O4. The van der Waals surface area contributed by atoms with Crippen molar-refractivity contribution in [3.8, 4) is 5.75 Å². The summed E-state index contributed by atoms with van der Waals surface area (Å²) in [5, 5.41) is 0. The van der Waals surface area contributed by atoms with Crippen molar-refractivity contribution < 1.29 is 20.3 Å². The van der Waals surface area contributed by atoms with Crippen molar-refractivity contribution in [3.63, 3.8) is 0 Å². The molecule has 0 amide bonds. The first-order valence-corrected chi connectivity index (χ1v) is 8.95. The Morgan fingerprint density at radius 1 is 1.27 bits per heavy atom. The number of rotatable bonds is 3. The van der Waals surface area contributed by atoms with E-state index in [1.54, 1.807) is 14.0 Å². The maximum Gasteiger partial charge on any atom is 0.494 e. The Bertz CT molecular complexity index is 750. The zero-order valence-corrected chi connectivity index (χ0v) is 16.6. The average Bonchev–Trinajstić information content (AvgIpc) is 2.80. The molecule has 1 atom stereocenters. The molecule has 0 radical (unpaired) electrons. The first kappa shape index (κ1) is 18.9. The van der Waals surface area contributed by atoms with E-state index in [9.17, 15) is 4.79 Å². The van der Waals surface area contributed by atoms with Crippen molar-refractivity contribution in [1.29, 1.82) is 0 Å². The van der Waals surface area contributed by atoms with Crippen LogP contribution < -0.4 is 15.1 Å². The second-order valence-corrected chi connectivity index (χ2v) is 7.90. The standard InChI is InChI=1S/C19H27BN2O4.H2/c1-12(13(2)23)22-15-10-14(8-9-16(15)24-11-17(22)21-7)20-25-18(3,4)19(5,6)26-20;/h8-10,12H,11H2,1-7H3;1H/t12-;/m1./s1. The molecule has 2 heterocycles. The Hall–Kier alpha value is -1.86. The Kier molecular flexibility index (Phi) is 4.65. The molecule has 0 spiro atoms. The Morgan fingerprint density at radius 2 is 1.88 bits per heavy atom. The van der Waals surface area contributed by atoms with Crippen LogP contribution in [0.2, 0.25) is 0 Å². The minimum absolute atomic E-state index is 0. The number of hydrogen-bond donors (Lipinski definition) is 0. The Balaban J connectivity index is 0.00000261. The summed E-state index contributed by atoms with van der Waals surface area (Å²) in [5.41, 5.74) is 0.884. The largest absolute Gasteiger partial charge is 0.494 e. The molecule has 1 aromatic carbocycles. The second kappa shape index (κ2) is 6.39. The first-order chi connectivity index (χ1) is 12.1. The van der Waals surface area contributed by atoms with Gasteiger partial charge in [-0.05, 0) is 59.1 Å². The first-order valence-electron chi connectivity index (χ1n) is 8.95. The Morgan fingerprint density at radius 3 is 2.42 bits per heavy atom. The number of Topliss-reactive ketones (excluding diaryl/α,β-unsaturated/α-hetero) is 1. The van der Waals surface area contributed by atoms with Crippen molar-refractivity contribution in [2.45, 2.75) is 58.8 Å². The van der Waals surface area contributed by atoms with Crippen molar-refractivity contribution in [3.05, 3.63) is 18.2 Å². The van der Waals surface area contributed by atoms with Gasteiger partial charge in [-0.25, -0.2) is 0 Å². The quantitative estimate of drug-likeness (QED) is 0.775. The number of amidine groups is 1. The third-order valence-corrected chi connectivity index (χ3v) is 5.64. The van der Waals surface area contributed by atoms with E-state index in [1.807, 2.05) is 57.7 Å². The molecule has 1 aromatic rings. The number of benzene rings is 1. The van der Waals surface area contributed by atoms with Gasteiger partial charge in [-0.3, -0.25) is 9.79 Å². The van der Waals surface area contributed by atoms with Gasteiger partial charge in [0.25, 0.3) is 0 Å².